The number of imide groups is 1. The number of hydrogen-bond donors (Lipinski definition) is 1. The lowest BCUT2D eigenvalue weighted by Crippen LogP contribution is -2.34. The van der Waals surface area contributed by atoms with E-state index in [1.165, 1.54) is 36.4 Å². The van der Waals surface area contributed by atoms with E-state index < -0.39 is 15.4 Å². The molecule has 1 saturated carbocycles. The van der Waals surface area contributed by atoms with Crippen LogP contribution in [-0.4, -0.2) is 20.2 Å². The first-order valence-electron chi connectivity index (χ1n) is 9.28. The van der Waals surface area contributed by atoms with Gasteiger partial charge in [0.05, 0.1) is 31.7 Å². The number of nitrogens with zero attached hydrogens (tertiary/aromatic N) is 1. The Kier molecular flexibility index (Phi) is 5.51. The van der Waals surface area contributed by atoms with Crippen LogP contribution < -0.4 is 9.62 Å². The summed E-state index contributed by atoms with van der Waals surface area (Å²) in [5, 5.41) is 0.510. The minimum absolute atomic E-state index is 0.00294. The van der Waals surface area contributed by atoms with Gasteiger partial charge in [0.25, 0.3) is 10.0 Å². The topological polar surface area (TPSA) is 83.6 Å². The van der Waals surface area contributed by atoms with Crippen LogP contribution >= 0.6 is 34.8 Å². The Bertz CT molecular complexity index is 1160. The van der Waals surface area contributed by atoms with Gasteiger partial charge in [0, 0.05) is 11.4 Å². The van der Waals surface area contributed by atoms with Gasteiger partial charge in [-0.2, -0.15) is 0 Å². The number of anilines is 2. The number of rotatable bonds is 4. The first-order chi connectivity index (χ1) is 14.1. The molecule has 0 atom stereocenters. The Hall–Kier alpha value is -1.80. The van der Waals surface area contributed by atoms with Gasteiger partial charge in [-0.05, 0) is 49.2 Å². The van der Waals surface area contributed by atoms with Gasteiger partial charge in [-0.15, -0.1) is 0 Å². The first-order valence-corrected chi connectivity index (χ1v) is 11.9. The van der Waals surface area contributed by atoms with Crippen LogP contribution in [0.5, 0.6) is 0 Å². The average molecular weight is 488 g/mol. The predicted octanol–water partition coefficient (Wildman–Crippen LogP) is 5.27. The molecule has 1 spiro atoms. The van der Waals surface area contributed by atoms with Crippen molar-refractivity contribution in [3.8, 4) is 0 Å². The van der Waals surface area contributed by atoms with E-state index in [2.05, 4.69) is 4.72 Å². The number of nitrogens with one attached hydrogen (secondary N) is 1. The van der Waals surface area contributed by atoms with E-state index >= 15 is 0 Å². The summed E-state index contributed by atoms with van der Waals surface area (Å²) in [5.74, 6) is -0.570. The van der Waals surface area contributed by atoms with Gasteiger partial charge in [0.2, 0.25) is 11.8 Å². The zero-order chi connectivity index (χ0) is 21.7. The van der Waals surface area contributed by atoms with Crippen molar-refractivity contribution in [1.82, 2.24) is 0 Å². The Morgan fingerprint density at radius 1 is 0.933 bits per heavy atom. The molecule has 1 heterocycles. The van der Waals surface area contributed by atoms with E-state index in [0.29, 0.717) is 17.9 Å². The third kappa shape index (κ3) is 3.68. The van der Waals surface area contributed by atoms with Crippen molar-refractivity contribution >= 4 is 68.0 Å². The molecule has 0 aromatic heterocycles. The van der Waals surface area contributed by atoms with Crippen LogP contribution in [0.25, 0.3) is 0 Å². The number of hydrogen-bond acceptors (Lipinski definition) is 4. The molecule has 2 aromatic rings. The fraction of sp³-hybridized carbons (Fsp3) is 0.300. The molecule has 2 aliphatic rings. The summed E-state index contributed by atoms with van der Waals surface area (Å²) in [5.41, 5.74) is -0.286. The summed E-state index contributed by atoms with van der Waals surface area (Å²) in [6, 6.07) is 8.26. The SMILES string of the molecule is O=C1CC2(CCCC2)C(=O)N1c1ccc(S(=O)(=O)Nc2ccc(Cl)cc2Cl)cc1Cl. The average Bonchev–Trinajstić information content (AvgIpc) is 3.23. The second-order valence-electron chi connectivity index (χ2n) is 7.54. The van der Waals surface area contributed by atoms with Gasteiger partial charge in [-0.25, -0.2) is 13.3 Å². The fourth-order valence-corrected chi connectivity index (χ4v) is 6.04. The van der Waals surface area contributed by atoms with Crippen LogP contribution in [0.2, 0.25) is 15.1 Å². The number of carbonyl (C=O) groups is 2. The van der Waals surface area contributed by atoms with E-state index in [1.54, 1.807) is 0 Å². The molecule has 4 rings (SSSR count). The lowest BCUT2D eigenvalue weighted by molar-refractivity contribution is -0.125. The van der Waals surface area contributed by atoms with Crippen molar-refractivity contribution in [3.63, 3.8) is 0 Å². The van der Waals surface area contributed by atoms with E-state index in [1.807, 2.05) is 0 Å². The predicted molar refractivity (Wildman–Crippen MR) is 117 cm³/mol. The smallest absolute Gasteiger partial charge is 0.261 e. The molecular formula is C20H17Cl3N2O4S. The molecule has 1 aliphatic heterocycles. The first kappa shape index (κ1) is 21.4. The number of amides is 2. The maximum absolute atomic E-state index is 13.0. The van der Waals surface area contributed by atoms with E-state index in [4.69, 9.17) is 34.8 Å². The molecule has 1 aliphatic carbocycles. The number of carbonyl (C=O) groups excluding carboxylic acids is 2. The van der Waals surface area contributed by atoms with Crippen LogP contribution in [0.4, 0.5) is 11.4 Å². The zero-order valence-electron chi connectivity index (χ0n) is 15.6. The molecule has 2 amide bonds. The Morgan fingerprint density at radius 2 is 1.63 bits per heavy atom. The Morgan fingerprint density at radius 3 is 2.27 bits per heavy atom. The minimum atomic E-state index is -4.01. The fourth-order valence-electron chi connectivity index (χ4n) is 4.09. The molecule has 0 radical (unpaired) electrons. The summed E-state index contributed by atoms with van der Waals surface area (Å²) >= 11 is 18.2. The number of sulfonamides is 1. The van der Waals surface area contributed by atoms with Crippen molar-refractivity contribution in [1.29, 1.82) is 0 Å². The molecular weight excluding hydrogens is 471 g/mol. The van der Waals surface area contributed by atoms with Crippen molar-refractivity contribution in [2.24, 2.45) is 5.41 Å². The van der Waals surface area contributed by atoms with Crippen molar-refractivity contribution in [2.75, 3.05) is 9.62 Å². The third-order valence-electron chi connectivity index (χ3n) is 5.60. The highest BCUT2D eigenvalue weighted by atomic mass is 35.5. The summed E-state index contributed by atoms with van der Waals surface area (Å²) in [6.45, 7) is 0. The van der Waals surface area contributed by atoms with Gasteiger partial charge in [0.1, 0.15) is 0 Å². The van der Waals surface area contributed by atoms with E-state index in [0.717, 1.165) is 17.7 Å². The molecule has 0 bridgehead atoms. The van der Waals surface area contributed by atoms with Gasteiger partial charge >= 0.3 is 0 Å². The highest BCUT2D eigenvalue weighted by Gasteiger charge is 2.53. The Labute approximate surface area is 189 Å². The molecule has 1 N–H and O–H groups in total. The van der Waals surface area contributed by atoms with Gasteiger partial charge in [0.15, 0.2) is 0 Å². The number of halogens is 3. The van der Waals surface area contributed by atoms with Crippen LogP contribution in [0, 0.1) is 5.41 Å². The molecule has 2 fully saturated rings. The van der Waals surface area contributed by atoms with Crippen LogP contribution in [-0.2, 0) is 19.6 Å². The van der Waals surface area contributed by atoms with Crippen LogP contribution in [0.15, 0.2) is 41.3 Å². The van der Waals surface area contributed by atoms with Crippen LogP contribution in [0.3, 0.4) is 0 Å². The van der Waals surface area contributed by atoms with Crippen molar-refractivity contribution in [3.05, 3.63) is 51.5 Å². The zero-order valence-corrected chi connectivity index (χ0v) is 18.7. The van der Waals surface area contributed by atoms with Crippen molar-refractivity contribution < 1.29 is 18.0 Å². The van der Waals surface area contributed by atoms with Gasteiger partial charge in [-0.1, -0.05) is 47.6 Å². The highest BCUT2D eigenvalue weighted by Crippen LogP contribution is 2.49. The molecule has 2 aromatic carbocycles. The largest absolute Gasteiger partial charge is 0.278 e. The third-order valence-corrected chi connectivity index (χ3v) is 7.82. The Balaban J connectivity index is 1.63. The van der Waals surface area contributed by atoms with Gasteiger partial charge < -0.3 is 0 Å². The standard InChI is InChI=1S/C20H17Cl3N2O4S/c21-12-3-5-16(14(22)9-12)24-30(28,29)13-4-6-17(15(23)10-13)25-18(26)11-20(19(25)27)7-1-2-8-20/h3-6,9-10,24H,1-2,7-8,11H2. The monoisotopic (exact) mass is 486 g/mol. The molecule has 30 heavy (non-hydrogen) atoms. The quantitative estimate of drug-likeness (QED) is 0.595. The maximum Gasteiger partial charge on any atom is 0.261 e. The second kappa shape index (κ2) is 7.71. The lowest BCUT2D eigenvalue weighted by atomic mass is 9.84. The van der Waals surface area contributed by atoms with Gasteiger partial charge in [-0.3, -0.25) is 14.3 Å². The number of benzene rings is 2. The summed E-state index contributed by atoms with van der Waals surface area (Å²) in [4.78, 5) is 26.5. The highest BCUT2D eigenvalue weighted by molar-refractivity contribution is 7.92. The second-order valence-corrected chi connectivity index (χ2v) is 10.5. The van der Waals surface area contributed by atoms with E-state index in [-0.39, 0.29) is 44.6 Å². The molecule has 10 heteroatoms. The summed E-state index contributed by atoms with van der Waals surface area (Å²) in [7, 11) is -4.01. The molecule has 1 saturated heterocycles. The maximum atomic E-state index is 13.0. The van der Waals surface area contributed by atoms with E-state index in [9.17, 15) is 18.0 Å². The molecule has 6 nitrogen and oxygen atoms in total. The summed E-state index contributed by atoms with van der Waals surface area (Å²) in [6.07, 6.45) is 3.36. The van der Waals surface area contributed by atoms with Crippen molar-refractivity contribution in [2.45, 2.75) is 37.0 Å². The molecule has 0 unspecified atom stereocenters. The minimum Gasteiger partial charge on any atom is -0.278 e. The normalized spacial score (nSPS) is 18.4. The lowest BCUT2D eigenvalue weighted by Gasteiger charge is -2.22. The molecule has 158 valence electrons. The summed E-state index contributed by atoms with van der Waals surface area (Å²) < 4.78 is 27.9. The van der Waals surface area contributed by atoms with Crippen LogP contribution in [0.1, 0.15) is 32.1 Å².